The van der Waals surface area contributed by atoms with Crippen molar-refractivity contribution in [1.29, 1.82) is 0 Å². The lowest BCUT2D eigenvalue weighted by Crippen LogP contribution is -2.52. The van der Waals surface area contributed by atoms with Crippen LogP contribution in [0.3, 0.4) is 0 Å². The van der Waals surface area contributed by atoms with Gasteiger partial charge < -0.3 is 10.2 Å². The summed E-state index contributed by atoms with van der Waals surface area (Å²) in [5.74, 6) is -0.716. The second-order valence-electron chi connectivity index (χ2n) is 7.97. The third-order valence-electron chi connectivity index (χ3n) is 5.20. The van der Waals surface area contributed by atoms with E-state index < -0.39 is 28.5 Å². The summed E-state index contributed by atoms with van der Waals surface area (Å²) in [6.07, 6.45) is 2.21. The van der Waals surface area contributed by atoms with Gasteiger partial charge in [-0.3, -0.25) is 13.9 Å². The summed E-state index contributed by atoms with van der Waals surface area (Å²) >= 11 is 5.94. The fourth-order valence-corrected chi connectivity index (χ4v) is 4.37. The Labute approximate surface area is 201 Å². The first-order chi connectivity index (χ1) is 15.6. The van der Waals surface area contributed by atoms with E-state index in [1.54, 1.807) is 24.3 Å². The maximum absolute atomic E-state index is 13.5. The second-order valence-corrected chi connectivity index (χ2v) is 10.3. The van der Waals surface area contributed by atoms with Crippen molar-refractivity contribution in [3.63, 3.8) is 0 Å². The molecule has 0 heterocycles. The van der Waals surface area contributed by atoms with Gasteiger partial charge in [-0.15, -0.1) is 0 Å². The van der Waals surface area contributed by atoms with E-state index >= 15 is 0 Å². The Morgan fingerprint density at radius 3 is 2.15 bits per heavy atom. The molecule has 33 heavy (non-hydrogen) atoms. The molecule has 0 aliphatic carbocycles. The first-order valence-electron chi connectivity index (χ1n) is 10.9. The first kappa shape index (κ1) is 26.7. The molecule has 0 fully saturated rings. The Morgan fingerprint density at radius 2 is 1.64 bits per heavy atom. The van der Waals surface area contributed by atoms with Gasteiger partial charge in [-0.05, 0) is 49.6 Å². The van der Waals surface area contributed by atoms with Crippen molar-refractivity contribution >= 4 is 39.1 Å². The smallest absolute Gasteiger partial charge is 0.244 e. The van der Waals surface area contributed by atoms with Crippen molar-refractivity contribution in [3.8, 4) is 0 Å². The highest BCUT2D eigenvalue weighted by atomic mass is 35.5. The number of sulfonamides is 1. The summed E-state index contributed by atoms with van der Waals surface area (Å²) in [6, 6.07) is 13.2. The molecule has 2 rings (SSSR count). The van der Waals surface area contributed by atoms with Crippen molar-refractivity contribution < 1.29 is 18.0 Å². The highest BCUT2D eigenvalue weighted by molar-refractivity contribution is 7.92. The van der Waals surface area contributed by atoms with Gasteiger partial charge in [0.25, 0.3) is 0 Å². The van der Waals surface area contributed by atoms with Crippen LogP contribution in [0.15, 0.2) is 48.5 Å². The Hall–Kier alpha value is -2.58. The van der Waals surface area contributed by atoms with Crippen LogP contribution in [0.4, 0.5) is 5.69 Å². The molecule has 2 amide bonds. The highest BCUT2D eigenvalue weighted by Gasteiger charge is 2.31. The molecular formula is C24H32ClN3O4S. The number of carbonyl (C=O) groups is 2. The maximum Gasteiger partial charge on any atom is 0.244 e. The molecule has 0 bridgehead atoms. The number of carbonyl (C=O) groups excluding carboxylic acids is 2. The lowest BCUT2D eigenvalue weighted by Gasteiger charge is -2.33. The van der Waals surface area contributed by atoms with Crippen LogP contribution in [0.25, 0.3) is 0 Å². The van der Waals surface area contributed by atoms with Crippen LogP contribution in [0.1, 0.15) is 37.8 Å². The molecule has 0 saturated carbocycles. The summed E-state index contributed by atoms with van der Waals surface area (Å²) in [5.41, 5.74) is 2.26. The lowest BCUT2D eigenvalue weighted by molar-refractivity contribution is -0.140. The van der Waals surface area contributed by atoms with Gasteiger partial charge in [-0.25, -0.2) is 8.42 Å². The van der Waals surface area contributed by atoms with E-state index in [1.165, 1.54) is 4.90 Å². The molecule has 2 aromatic carbocycles. The second kappa shape index (κ2) is 12.0. The van der Waals surface area contributed by atoms with Crippen LogP contribution in [-0.2, 0) is 26.2 Å². The molecule has 0 unspecified atom stereocenters. The summed E-state index contributed by atoms with van der Waals surface area (Å²) < 4.78 is 26.1. The zero-order valence-corrected chi connectivity index (χ0v) is 21.1. The van der Waals surface area contributed by atoms with Crippen LogP contribution in [0.2, 0.25) is 5.02 Å². The van der Waals surface area contributed by atoms with Crippen molar-refractivity contribution in [2.75, 3.05) is 23.7 Å². The summed E-state index contributed by atoms with van der Waals surface area (Å²) in [7, 11) is -3.76. The molecule has 1 atom stereocenters. The number of aryl methyl sites for hydroxylation is 1. The van der Waals surface area contributed by atoms with Gasteiger partial charge in [-0.1, -0.05) is 55.3 Å². The zero-order valence-electron chi connectivity index (χ0n) is 19.5. The number of benzene rings is 2. The van der Waals surface area contributed by atoms with Crippen molar-refractivity contribution in [2.45, 2.75) is 46.2 Å². The average Bonchev–Trinajstić information content (AvgIpc) is 2.77. The Bertz CT molecular complexity index is 1040. The minimum atomic E-state index is -3.76. The number of anilines is 1. The third kappa shape index (κ3) is 7.75. The number of hydrogen-bond donors (Lipinski definition) is 1. The highest BCUT2D eigenvalue weighted by Crippen LogP contribution is 2.22. The summed E-state index contributed by atoms with van der Waals surface area (Å²) in [4.78, 5) is 27.8. The van der Waals surface area contributed by atoms with E-state index in [0.717, 1.165) is 28.1 Å². The molecule has 0 aromatic heterocycles. The predicted molar refractivity (Wildman–Crippen MR) is 133 cm³/mol. The molecule has 1 N–H and O–H groups in total. The van der Waals surface area contributed by atoms with Gasteiger partial charge in [0.05, 0.1) is 11.9 Å². The molecule has 9 heteroatoms. The van der Waals surface area contributed by atoms with E-state index in [1.807, 2.05) is 45.0 Å². The number of nitrogens with zero attached hydrogens (tertiary/aromatic N) is 2. The molecule has 0 aliphatic rings. The van der Waals surface area contributed by atoms with E-state index in [9.17, 15) is 18.0 Å². The van der Waals surface area contributed by atoms with Crippen LogP contribution < -0.4 is 9.62 Å². The quantitative estimate of drug-likeness (QED) is 0.516. The van der Waals surface area contributed by atoms with Crippen LogP contribution in [0, 0.1) is 6.92 Å². The molecule has 0 spiro atoms. The summed E-state index contributed by atoms with van der Waals surface area (Å²) in [6.45, 7) is 6.02. The maximum atomic E-state index is 13.5. The Kier molecular flexibility index (Phi) is 9.73. The molecule has 0 aliphatic heterocycles. The zero-order chi connectivity index (χ0) is 24.6. The molecule has 0 saturated heterocycles. The fraction of sp³-hybridized carbons (Fsp3) is 0.417. The summed E-state index contributed by atoms with van der Waals surface area (Å²) in [5, 5.41) is 3.31. The minimum absolute atomic E-state index is 0.190. The van der Waals surface area contributed by atoms with Crippen LogP contribution in [0.5, 0.6) is 0 Å². The standard InChI is InChI=1S/C24H32ClN3O4S/c1-5-15-26-24(30)22(6-2)27(16-19-9-7-18(3)8-10-19)23(29)17-28(33(4,31)32)21-13-11-20(25)12-14-21/h7-14,22H,5-6,15-17H2,1-4H3,(H,26,30)/t22-/m0/s1. The van der Waals surface area contributed by atoms with Crippen LogP contribution >= 0.6 is 11.6 Å². The average molecular weight is 494 g/mol. The lowest BCUT2D eigenvalue weighted by atomic mass is 10.1. The topological polar surface area (TPSA) is 86.8 Å². The third-order valence-corrected chi connectivity index (χ3v) is 6.60. The molecule has 7 nitrogen and oxygen atoms in total. The first-order valence-corrected chi connectivity index (χ1v) is 13.2. The SMILES string of the molecule is CCCNC(=O)[C@H](CC)N(Cc1ccc(C)cc1)C(=O)CN(c1ccc(Cl)cc1)S(C)(=O)=O. The number of rotatable bonds is 11. The number of nitrogens with one attached hydrogen (secondary N) is 1. The number of hydrogen-bond acceptors (Lipinski definition) is 4. The van der Waals surface area contributed by atoms with E-state index in [-0.39, 0.29) is 12.5 Å². The van der Waals surface area contributed by atoms with Gasteiger partial charge >= 0.3 is 0 Å². The van der Waals surface area contributed by atoms with Gasteiger partial charge in [0, 0.05) is 18.1 Å². The number of halogens is 1. The Balaban J connectivity index is 2.39. The van der Waals surface area contributed by atoms with Gasteiger partial charge in [0.2, 0.25) is 21.8 Å². The van der Waals surface area contributed by atoms with E-state index in [4.69, 9.17) is 11.6 Å². The van der Waals surface area contributed by atoms with Crippen molar-refractivity contribution in [3.05, 3.63) is 64.7 Å². The predicted octanol–water partition coefficient (Wildman–Crippen LogP) is 3.75. The molecule has 0 radical (unpaired) electrons. The largest absolute Gasteiger partial charge is 0.354 e. The van der Waals surface area contributed by atoms with Crippen molar-refractivity contribution in [2.24, 2.45) is 0 Å². The number of amides is 2. The van der Waals surface area contributed by atoms with E-state index in [0.29, 0.717) is 23.7 Å². The van der Waals surface area contributed by atoms with Gasteiger partial charge in [0.15, 0.2) is 0 Å². The van der Waals surface area contributed by atoms with Crippen LogP contribution in [-0.4, -0.2) is 50.5 Å². The fourth-order valence-electron chi connectivity index (χ4n) is 3.40. The van der Waals surface area contributed by atoms with Gasteiger partial charge in [0.1, 0.15) is 12.6 Å². The normalized spacial score (nSPS) is 12.2. The Morgan fingerprint density at radius 1 is 1.03 bits per heavy atom. The van der Waals surface area contributed by atoms with E-state index in [2.05, 4.69) is 5.32 Å². The minimum Gasteiger partial charge on any atom is -0.354 e. The monoisotopic (exact) mass is 493 g/mol. The molecule has 2 aromatic rings. The molecule has 180 valence electrons. The van der Waals surface area contributed by atoms with Crippen molar-refractivity contribution in [1.82, 2.24) is 10.2 Å². The molecular weight excluding hydrogens is 462 g/mol. The van der Waals surface area contributed by atoms with Gasteiger partial charge in [-0.2, -0.15) is 0 Å².